The molecular weight excluding hydrogens is 276 g/mol. The molecule has 0 bridgehead atoms. The van der Waals surface area contributed by atoms with Gasteiger partial charge in [-0.25, -0.2) is 0 Å². The van der Waals surface area contributed by atoms with E-state index < -0.39 is 0 Å². The monoisotopic (exact) mass is 296 g/mol. The lowest BCUT2D eigenvalue weighted by molar-refractivity contribution is 0.422. The van der Waals surface area contributed by atoms with Gasteiger partial charge in [-0.05, 0) is 37.2 Å². The molecule has 2 nitrogen and oxygen atoms in total. The standard InChI is InChI=1S/C15H21ClN2S/c1-3-5-8-11(7-4-2)18-13-10-6-9-12(16)14(13)17-15(18)19/h6,9-11H,3-5,7-8H2,1-2H3,(H,17,19). The first-order valence-corrected chi connectivity index (χ1v) is 7.86. The van der Waals surface area contributed by atoms with Gasteiger partial charge >= 0.3 is 0 Å². The topological polar surface area (TPSA) is 20.7 Å². The van der Waals surface area contributed by atoms with Gasteiger partial charge in [-0.2, -0.15) is 0 Å². The van der Waals surface area contributed by atoms with E-state index in [0.29, 0.717) is 6.04 Å². The number of benzene rings is 1. The molecule has 104 valence electrons. The van der Waals surface area contributed by atoms with E-state index in [9.17, 15) is 0 Å². The van der Waals surface area contributed by atoms with E-state index in [1.54, 1.807) is 0 Å². The van der Waals surface area contributed by atoms with Crippen molar-refractivity contribution in [3.63, 3.8) is 0 Å². The smallest absolute Gasteiger partial charge is 0.178 e. The molecule has 1 atom stereocenters. The number of nitrogens with one attached hydrogen (secondary N) is 1. The van der Waals surface area contributed by atoms with Crippen molar-refractivity contribution in [3.8, 4) is 0 Å². The number of hydrogen-bond donors (Lipinski definition) is 1. The molecule has 0 saturated carbocycles. The minimum Gasteiger partial charge on any atom is -0.329 e. The lowest BCUT2D eigenvalue weighted by Gasteiger charge is -2.18. The molecule has 0 aliphatic rings. The molecule has 19 heavy (non-hydrogen) atoms. The Bertz CT molecular complexity index is 600. The number of nitrogens with zero attached hydrogens (tertiary/aromatic N) is 1. The molecule has 2 aromatic rings. The first-order chi connectivity index (χ1) is 9.19. The molecule has 2 rings (SSSR count). The third-order valence-corrected chi connectivity index (χ3v) is 4.19. The Labute approximate surface area is 124 Å². The predicted octanol–water partition coefficient (Wildman–Crippen LogP) is 5.88. The van der Waals surface area contributed by atoms with Crippen molar-refractivity contribution in [1.82, 2.24) is 9.55 Å². The summed E-state index contributed by atoms with van der Waals surface area (Å²) < 4.78 is 3.05. The first kappa shape index (κ1) is 14.6. The molecule has 0 aliphatic carbocycles. The summed E-state index contributed by atoms with van der Waals surface area (Å²) in [4.78, 5) is 3.26. The van der Waals surface area contributed by atoms with Crippen LogP contribution in [-0.2, 0) is 0 Å². The molecule has 1 aromatic heterocycles. The Morgan fingerprint density at radius 1 is 1.26 bits per heavy atom. The molecule has 0 spiro atoms. The zero-order valence-electron chi connectivity index (χ0n) is 11.6. The molecule has 1 N–H and O–H groups in total. The predicted molar refractivity (Wildman–Crippen MR) is 85.6 cm³/mol. The van der Waals surface area contributed by atoms with Crippen molar-refractivity contribution in [3.05, 3.63) is 28.0 Å². The minimum atomic E-state index is 0.477. The highest BCUT2D eigenvalue weighted by molar-refractivity contribution is 7.71. The quantitative estimate of drug-likeness (QED) is 0.660. The van der Waals surface area contributed by atoms with Crippen LogP contribution in [0, 0.1) is 4.77 Å². The van der Waals surface area contributed by atoms with Crippen LogP contribution in [0.2, 0.25) is 5.02 Å². The number of halogens is 1. The number of imidazole rings is 1. The van der Waals surface area contributed by atoms with Crippen molar-refractivity contribution in [2.24, 2.45) is 0 Å². The van der Waals surface area contributed by atoms with Crippen molar-refractivity contribution in [2.75, 3.05) is 0 Å². The van der Waals surface area contributed by atoms with Gasteiger partial charge in [0.2, 0.25) is 0 Å². The van der Waals surface area contributed by atoms with E-state index in [2.05, 4.69) is 29.5 Å². The maximum Gasteiger partial charge on any atom is 0.178 e. The fourth-order valence-electron chi connectivity index (χ4n) is 2.65. The second-order valence-corrected chi connectivity index (χ2v) is 5.81. The van der Waals surface area contributed by atoms with Gasteiger partial charge in [-0.15, -0.1) is 0 Å². The zero-order valence-corrected chi connectivity index (χ0v) is 13.2. The molecule has 4 heteroatoms. The largest absolute Gasteiger partial charge is 0.329 e. The van der Waals surface area contributed by atoms with E-state index in [1.165, 1.54) is 25.7 Å². The van der Waals surface area contributed by atoms with Crippen molar-refractivity contribution < 1.29 is 0 Å². The van der Waals surface area contributed by atoms with Gasteiger partial charge in [-0.1, -0.05) is 50.8 Å². The fraction of sp³-hybridized carbons (Fsp3) is 0.533. The van der Waals surface area contributed by atoms with Gasteiger partial charge in [0.05, 0.1) is 16.1 Å². The number of para-hydroxylation sites is 1. The van der Waals surface area contributed by atoms with Gasteiger partial charge in [0, 0.05) is 6.04 Å². The van der Waals surface area contributed by atoms with Crippen molar-refractivity contribution >= 4 is 34.9 Å². The third kappa shape index (κ3) is 3.03. The maximum absolute atomic E-state index is 6.24. The van der Waals surface area contributed by atoms with Gasteiger partial charge in [-0.3, -0.25) is 0 Å². The highest BCUT2D eigenvalue weighted by Gasteiger charge is 2.15. The summed E-state index contributed by atoms with van der Waals surface area (Å²) in [5.41, 5.74) is 2.10. The third-order valence-electron chi connectivity index (χ3n) is 3.58. The van der Waals surface area contributed by atoms with E-state index in [1.807, 2.05) is 12.1 Å². The molecule has 1 aromatic carbocycles. The average molecular weight is 297 g/mol. The zero-order chi connectivity index (χ0) is 13.8. The Balaban J connectivity index is 2.49. The van der Waals surface area contributed by atoms with E-state index in [-0.39, 0.29) is 0 Å². The SMILES string of the molecule is CCCCC(CCC)n1c(=S)[nH]c2c(Cl)cccc21. The number of rotatable bonds is 6. The molecule has 0 amide bonds. The lowest BCUT2D eigenvalue weighted by Crippen LogP contribution is -2.09. The Morgan fingerprint density at radius 2 is 2.05 bits per heavy atom. The summed E-state index contributed by atoms with van der Waals surface area (Å²) in [5.74, 6) is 0. The Hall–Kier alpha value is -0.800. The van der Waals surface area contributed by atoms with Crippen LogP contribution >= 0.6 is 23.8 Å². The molecule has 0 saturated heterocycles. The minimum absolute atomic E-state index is 0.477. The Kier molecular flexibility index (Phi) is 5.06. The summed E-state index contributed by atoms with van der Waals surface area (Å²) in [7, 11) is 0. The van der Waals surface area contributed by atoms with Gasteiger partial charge in [0.25, 0.3) is 0 Å². The van der Waals surface area contributed by atoms with Crippen molar-refractivity contribution in [1.29, 1.82) is 0 Å². The van der Waals surface area contributed by atoms with Crippen LogP contribution in [0.4, 0.5) is 0 Å². The molecule has 1 heterocycles. The molecular formula is C15H21ClN2S. The second-order valence-electron chi connectivity index (χ2n) is 5.02. The van der Waals surface area contributed by atoms with Crippen LogP contribution in [-0.4, -0.2) is 9.55 Å². The summed E-state index contributed by atoms with van der Waals surface area (Å²) >= 11 is 11.7. The average Bonchev–Trinajstić information content (AvgIpc) is 2.73. The number of aromatic nitrogens is 2. The normalized spacial score (nSPS) is 13.0. The summed E-state index contributed by atoms with van der Waals surface area (Å²) in [6, 6.07) is 6.47. The van der Waals surface area contributed by atoms with Crippen LogP contribution in [0.5, 0.6) is 0 Å². The lowest BCUT2D eigenvalue weighted by atomic mass is 10.0. The number of H-pyrrole nitrogens is 1. The molecule has 0 aliphatic heterocycles. The van der Waals surface area contributed by atoms with Gasteiger partial charge < -0.3 is 9.55 Å². The highest BCUT2D eigenvalue weighted by atomic mass is 35.5. The van der Waals surface area contributed by atoms with E-state index in [4.69, 9.17) is 23.8 Å². The molecule has 1 unspecified atom stereocenters. The molecule has 0 radical (unpaired) electrons. The van der Waals surface area contributed by atoms with E-state index in [0.717, 1.165) is 27.2 Å². The van der Waals surface area contributed by atoms with Crippen molar-refractivity contribution in [2.45, 2.75) is 52.0 Å². The number of unbranched alkanes of at least 4 members (excludes halogenated alkanes) is 1. The summed E-state index contributed by atoms with van der Waals surface area (Å²) in [5, 5.41) is 0.744. The summed E-state index contributed by atoms with van der Waals surface area (Å²) in [6.45, 7) is 4.46. The number of fused-ring (bicyclic) bond motifs is 1. The van der Waals surface area contributed by atoms with E-state index >= 15 is 0 Å². The second kappa shape index (κ2) is 6.58. The number of aromatic amines is 1. The van der Waals surface area contributed by atoms with Crippen LogP contribution in [0.1, 0.15) is 52.0 Å². The fourth-order valence-corrected chi connectivity index (χ4v) is 3.22. The maximum atomic E-state index is 6.24. The van der Waals surface area contributed by atoms with Crippen LogP contribution in [0.25, 0.3) is 11.0 Å². The summed E-state index contributed by atoms with van der Waals surface area (Å²) in [6.07, 6.45) is 5.96. The number of hydrogen-bond acceptors (Lipinski definition) is 1. The van der Waals surface area contributed by atoms with Crippen LogP contribution < -0.4 is 0 Å². The van der Waals surface area contributed by atoms with Crippen LogP contribution in [0.3, 0.4) is 0 Å². The van der Waals surface area contributed by atoms with Gasteiger partial charge in [0.1, 0.15) is 0 Å². The van der Waals surface area contributed by atoms with Crippen LogP contribution in [0.15, 0.2) is 18.2 Å². The highest BCUT2D eigenvalue weighted by Crippen LogP contribution is 2.29. The first-order valence-electron chi connectivity index (χ1n) is 7.07. The van der Waals surface area contributed by atoms with Gasteiger partial charge in [0.15, 0.2) is 4.77 Å². The Morgan fingerprint density at radius 3 is 2.74 bits per heavy atom. The molecule has 0 fully saturated rings.